The molecule has 3 heterocycles. The highest BCUT2D eigenvalue weighted by molar-refractivity contribution is 7.89. The number of fused-ring (bicyclic) bond motifs is 1. The van der Waals surface area contributed by atoms with Crippen molar-refractivity contribution in [3.05, 3.63) is 18.2 Å². The van der Waals surface area contributed by atoms with Crippen molar-refractivity contribution in [3.63, 3.8) is 0 Å². The van der Waals surface area contributed by atoms with Crippen molar-refractivity contribution < 1.29 is 31.5 Å². The fraction of sp³-hybridized carbons (Fsp3) is 0.682. The first kappa shape index (κ1) is 24.2. The number of likely N-dealkylation sites (tertiary alicyclic amines) is 1. The first-order valence-electron chi connectivity index (χ1n) is 11.5. The molecule has 0 radical (unpaired) electrons. The van der Waals surface area contributed by atoms with Crippen LogP contribution < -0.4 is 14.8 Å². The van der Waals surface area contributed by atoms with Crippen molar-refractivity contribution in [1.29, 1.82) is 0 Å². The van der Waals surface area contributed by atoms with Crippen LogP contribution in [0.2, 0.25) is 0 Å². The van der Waals surface area contributed by atoms with Crippen LogP contribution in [-0.2, 0) is 14.8 Å². The van der Waals surface area contributed by atoms with Crippen LogP contribution in [0, 0.1) is 5.92 Å². The molecule has 2 saturated heterocycles. The molecule has 2 fully saturated rings. The number of carbonyl (C=O) groups excluding carboxylic acids is 1. The van der Waals surface area contributed by atoms with E-state index in [-0.39, 0.29) is 42.4 Å². The Balaban J connectivity index is 1.28. The van der Waals surface area contributed by atoms with Gasteiger partial charge in [-0.05, 0) is 37.8 Å². The highest BCUT2D eigenvalue weighted by Gasteiger charge is 2.34. The molecule has 4 rings (SSSR count). The predicted octanol–water partition coefficient (Wildman–Crippen LogP) is 2.09. The van der Waals surface area contributed by atoms with Crippen LogP contribution in [0.4, 0.5) is 8.78 Å². The molecule has 1 amide bonds. The smallest absolute Gasteiger partial charge is 0.251 e. The molecule has 0 unspecified atom stereocenters. The van der Waals surface area contributed by atoms with Gasteiger partial charge in [0.15, 0.2) is 11.5 Å². The molecule has 3 aliphatic heterocycles. The van der Waals surface area contributed by atoms with Crippen LogP contribution >= 0.6 is 0 Å². The Bertz CT molecular complexity index is 930. The maximum atomic E-state index is 13.1. The molecule has 0 aliphatic carbocycles. The third-order valence-electron chi connectivity index (χ3n) is 6.51. The summed E-state index contributed by atoms with van der Waals surface area (Å²) in [6, 6.07) is 4.65. The summed E-state index contributed by atoms with van der Waals surface area (Å²) in [5.41, 5.74) is 0. The minimum atomic E-state index is -3.70. The second-order valence-electron chi connectivity index (χ2n) is 8.81. The van der Waals surface area contributed by atoms with E-state index in [4.69, 9.17) is 9.47 Å². The lowest BCUT2D eigenvalue weighted by Crippen LogP contribution is -2.49. The number of nitrogens with zero attached hydrogens (tertiary/aromatic N) is 2. The summed E-state index contributed by atoms with van der Waals surface area (Å²) in [6.07, 6.45) is 0.580. The number of hydrogen-bond acceptors (Lipinski definition) is 6. The molecule has 33 heavy (non-hydrogen) atoms. The third-order valence-corrected chi connectivity index (χ3v) is 8.41. The quantitative estimate of drug-likeness (QED) is 0.661. The number of benzene rings is 1. The minimum Gasteiger partial charge on any atom is -0.490 e. The summed E-state index contributed by atoms with van der Waals surface area (Å²) < 4.78 is 63.9. The maximum Gasteiger partial charge on any atom is 0.251 e. The van der Waals surface area contributed by atoms with Gasteiger partial charge in [-0.25, -0.2) is 17.2 Å². The summed E-state index contributed by atoms with van der Waals surface area (Å²) in [4.78, 5) is 14.6. The molecule has 184 valence electrons. The molecule has 1 aromatic carbocycles. The fourth-order valence-corrected chi connectivity index (χ4v) is 6.07. The van der Waals surface area contributed by atoms with Gasteiger partial charge in [0.05, 0.1) is 24.7 Å². The zero-order valence-electron chi connectivity index (χ0n) is 18.5. The molecule has 1 aromatic rings. The zero-order valence-corrected chi connectivity index (χ0v) is 19.4. The Morgan fingerprint density at radius 3 is 2.36 bits per heavy atom. The molecule has 11 heteroatoms. The summed E-state index contributed by atoms with van der Waals surface area (Å²) in [5.74, 6) is 0.651. The van der Waals surface area contributed by atoms with Gasteiger partial charge < -0.3 is 14.8 Å². The van der Waals surface area contributed by atoms with Crippen LogP contribution in [0.25, 0.3) is 0 Å². The minimum absolute atomic E-state index is 0.0185. The van der Waals surface area contributed by atoms with E-state index in [2.05, 4.69) is 5.32 Å². The van der Waals surface area contributed by atoms with E-state index in [1.165, 1.54) is 16.4 Å². The van der Waals surface area contributed by atoms with Crippen LogP contribution in [-0.4, -0.2) is 81.9 Å². The first-order valence-corrected chi connectivity index (χ1v) is 13.0. The lowest BCUT2D eigenvalue weighted by molar-refractivity contribution is -0.127. The first-order chi connectivity index (χ1) is 15.8. The molecular formula is C22H31F2N3O5S. The lowest BCUT2D eigenvalue weighted by Gasteiger charge is -2.34. The van der Waals surface area contributed by atoms with Crippen molar-refractivity contribution in [3.8, 4) is 11.5 Å². The van der Waals surface area contributed by atoms with Gasteiger partial charge >= 0.3 is 0 Å². The Labute approximate surface area is 193 Å². The van der Waals surface area contributed by atoms with Gasteiger partial charge in [-0.3, -0.25) is 9.69 Å². The SMILES string of the molecule is O=C(NC1CCN(CC(F)F)CC1)C1CCN(S(=O)(=O)c2ccc3c(c2)OCCCO3)CC1. The Morgan fingerprint density at radius 1 is 1.03 bits per heavy atom. The highest BCUT2D eigenvalue weighted by atomic mass is 32.2. The molecule has 1 N–H and O–H groups in total. The van der Waals surface area contributed by atoms with E-state index in [9.17, 15) is 22.0 Å². The van der Waals surface area contributed by atoms with Crippen molar-refractivity contribution >= 4 is 15.9 Å². The molecule has 0 saturated carbocycles. The number of rotatable bonds is 6. The lowest BCUT2D eigenvalue weighted by atomic mass is 9.96. The van der Waals surface area contributed by atoms with Crippen molar-refractivity contribution in [2.75, 3.05) is 45.9 Å². The van der Waals surface area contributed by atoms with E-state index in [0.29, 0.717) is 63.5 Å². The van der Waals surface area contributed by atoms with Gasteiger partial charge in [0, 0.05) is 50.6 Å². The largest absolute Gasteiger partial charge is 0.490 e. The van der Waals surface area contributed by atoms with Crippen molar-refractivity contribution in [2.24, 2.45) is 5.92 Å². The number of piperidine rings is 2. The average Bonchev–Trinajstić information content (AvgIpc) is 3.05. The van der Waals surface area contributed by atoms with E-state index < -0.39 is 16.4 Å². The standard InChI is InChI=1S/C22H31F2N3O5S/c23-21(24)15-26-8-6-17(7-9-26)25-22(28)16-4-10-27(11-5-16)33(29,30)18-2-3-19-20(14-18)32-13-1-12-31-19/h2-3,14,16-17,21H,1,4-13,15H2,(H,25,28). The number of alkyl halides is 2. The molecule has 0 atom stereocenters. The topological polar surface area (TPSA) is 88.2 Å². The van der Waals surface area contributed by atoms with Gasteiger partial charge in [-0.1, -0.05) is 0 Å². The number of carbonyl (C=O) groups is 1. The summed E-state index contributed by atoms with van der Waals surface area (Å²) >= 11 is 0. The highest BCUT2D eigenvalue weighted by Crippen LogP contribution is 2.33. The summed E-state index contributed by atoms with van der Waals surface area (Å²) in [7, 11) is -3.70. The molecule has 0 spiro atoms. The van der Waals surface area contributed by atoms with E-state index >= 15 is 0 Å². The van der Waals surface area contributed by atoms with Gasteiger partial charge in [0.25, 0.3) is 6.43 Å². The van der Waals surface area contributed by atoms with Crippen LogP contribution in [0.3, 0.4) is 0 Å². The van der Waals surface area contributed by atoms with Crippen LogP contribution in [0.5, 0.6) is 11.5 Å². The van der Waals surface area contributed by atoms with Crippen LogP contribution in [0.1, 0.15) is 32.1 Å². The molecular weight excluding hydrogens is 456 g/mol. The van der Waals surface area contributed by atoms with Crippen molar-refractivity contribution in [1.82, 2.24) is 14.5 Å². The Morgan fingerprint density at radius 2 is 1.70 bits per heavy atom. The summed E-state index contributed by atoms with van der Waals surface area (Å²) in [6.45, 7) is 2.40. The molecule has 0 aromatic heterocycles. The second-order valence-corrected chi connectivity index (χ2v) is 10.7. The molecule has 3 aliphatic rings. The van der Waals surface area contributed by atoms with E-state index in [1.54, 1.807) is 11.0 Å². The van der Waals surface area contributed by atoms with Gasteiger partial charge in [-0.15, -0.1) is 0 Å². The van der Waals surface area contributed by atoms with Gasteiger partial charge in [0.2, 0.25) is 15.9 Å². The third kappa shape index (κ3) is 5.93. The van der Waals surface area contributed by atoms with E-state index in [1.807, 2.05) is 0 Å². The Kier molecular flexibility index (Phi) is 7.70. The summed E-state index contributed by atoms with van der Waals surface area (Å²) in [5, 5.41) is 3.04. The molecule has 8 nitrogen and oxygen atoms in total. The predicted molar refractivity (Wildman–Crippen MR) is 117 cm³/mol. The maximum absolute atomic E-state index is 13.1. The fourth-order valence-electron chi connectivity index (χ4n) is 4.59. The zero-order chi connectivity index (χ0) is 23.4. The number of amides is 1. The molecule has 0 bridgehead atoms. The number of hydrogen-bond donors (Lipinski definition) is 1. The monoisotopic (exact) mass is 487 g/mol. The Hall–Kier alpha value is -1.98. The van der Waals surface area contributed by atoms with Gasteiger partial charge in [0.1, 0.15) is 0 Å². The number of sulfonamides is 1. The number of halogens is 2. The number of ether oxygens (including phenoxy) is 2. The second kappa shape index (κ2) is 10.5. The average molecular weight is 488 g/mol. The van der Waals surface area contributed by atoms with E-state index in [0.717, 1.165) is 6.42 Å². The normalized spacial score (nSPS) is 21.7. The number of nitrogens with one attached hydrogen (secondary N) is 1. The van der Waals surface area contributed by atoms with Gasteiger partial charge in [-0.2, -0.15) is 4.31 Å². The van der Waals surface area contributed by atoms with Crippen LogP contribution in [0.15, 0.2) is 23.1 Å². The van der Waals surface area contributed by atoms with Crippen molar-refractivity contribution in [2.45, 2.75) is 49.5 Å².